The number of rotatable bonds is 7. The molecule has 1 aliphatic heterocycles. The zero-order chi connectivity index (χ0) is 28.1. The molecule has 1 aliphatic rings. The van der Waals surface area contributed by atoms with E-state index in [1.807, 2.05) is 30.3 Å². The summed E-state index contributed by atoms with van der Waals surface area (Å²) >= 11 is 0. The van der Waals surface area contributed by atoms with Crippen molar-refractivity contribution in [2.75, 3.05) is 26.2 Å². The number of para-hydroxylation sites is 1. The molecule has 1 fully saturated rings. The lowest BCUT2D eigenvalue weighted by Crippen LogP contribution is -2.46. The number of amides is 3. The minimum absolute atomic E-state index is 0.0456. The summed E-state index contributed by atoms with van der Waals surface area (Å²) in [6.07, 6.45) is -2.45. The van der Waals surface area contributed by atoms with Crippen LogP contribution in [-0.2, 0) is 6.18 Å². The van der Waals surface area contributed by atoms with Gasteiger partial charge in [-0.2, -0.15) is 23.3 Å². The topological polar surface area (TPSA) is 118 Å². The minimum Gasteiger partial charge on any atom is -0.350 e. The number of likely N-dealkylation sites (tertiary alicyclic amines) is 1. The number of piperidine rings is 1. The van der Waals surface area contributed by atoms with Crippen LogP contribution in [0, 0.1) is 0 Å². The fourth-order valence-corrected chi connectivity index (χ4v) is 4.45. The van der Waals surface area contributed by atoms with Crippen molar-refractivity contribution in [3.05, 3.63) is 83.9 Å². The Bertz CT molecular complexity index is 1450. The van der Waals surface area contributed by atoms with Crippen LogP contribution in [0.2, 0.25) is 0 Å². The van der Waals surface area contributed by atoms with Gasteiger partial charge in [-0.1, -0.05) is 41.6 Å². The predicted octanol–water partition coefficient (Wildman–Crippen LogP) is 4.26. The number of carbonyl (C=O) groups is 2. The Morgan fingerprint density at radius 3 is 2.27 bits per heavy atom. The third-order valence-corrected chi connectivity index (χ3v) is 6.54. The maximum atomic E-state index is 13.5. The third-order valence-electron chi connectivity index (χ3n) is 6.54. The highest BCUT2D eigenvalue weighted by atomic mass is 19.4. The number of nitrogens with one attached hydrogen (secondary N) is 2. The van der Waals surface area contributed by atoms with E-state index in [-0.39, 0.29) is 25.0 Å². The number of alkyl halides is 3. The number of nitrogens with zero attached hydrogens (tertiary/aromatic N) is 5. The largest absolute Gasteiger partial charge is 0.435 e. The molecule has 0 bridgehead atoms. The van der Waals surface area contributed by atoms with Gasteiger partial charge in [-0.25, -0.2) is 9.48 Å². The Balaban J connectivity index is 1.09. The lowest BCUT2D eigenvalue weighted by molar-refractivity contribution is -0.141. The Morgan fingerprint density at radius 1 is 0.950 bits per heavy atom. The second kappa shape index (κ2) is 11.6. The lowest BCUT2D eigenvalue weighted by Gasteiger charge is -2.30. The van der Waals surface area contributed by atoms with Crippen molar-refractivity contribution in [1.29, 1.82) is 0 Å². The molecule has 0 aliphatic carbocycles. The van der Waals surface area contributed by atoms with E-state index in [2.05, 4.69) is 25.9 Å². The normalized spacial score (nSPS) is 14.2. The van der Waals surface area contributed by atoms with Crippen LogP contribution < -0.4 is 10.6 Å². The fraction of sp³-hybridized carbons (Fsp3) is 0.296. The van der Waals surface area contributed by atoms with Gasteiger partial charge in [-0.15, -0.1) is 0 Å². The van der Waals surface area contributed by atoms with Crippen LogP contribution in [0.15, 0.2) is 71.4 Å². The third kappa shape index (κ3) is 6.14. The van der Waals surface area contributed by atoms with Crippen molar-refractivity contribution >= 4 is 11.9 Å². The molecule has 3 heterocycles. The summed E-state index contributed by atoms with van der Waals surface area (Å²) < 4.78 is 47.0. The molecule has 1 saturated heterocycles. The molecule has 0 atom stereocenters. The average molecular weight is 554 g/mol. The molecule has 0 unspecified atom stereocenters. The number of hydrogen-bond donors (Lipinski definition) is 2. The van der Waals surface area contributed by atoms with Crippen molar-refractivity contribution in [1.82, 2.24) is 35.5 Å². The van der Waals surface area contributed by atoms with Crippen LogP contribution in [0.3, 0.4) is 0 Å². The Hall–Kier alpha value is -4.68. The first-order valence-electron chi connectivity index (χ1n) is 12.7. The summed E-state index contributed by atoms with van der Waals surface area (Å²) in [6.45, 7) is 0.946. The standard InChI is InChI=1S/C27H26F3N7O3/c28-27(29,30)22-21(17-37(34-22)20-9-5-2-6-10-20)24(38)31-13-14-32-26(39)36-15-11-18(12-16-36)23-33-25(40-35-23)19-7-3-1-4-8-19/h1-10,17-18H,11-16H2,(H,31,38)(H,32,39). The molecule has 2 aromatic carbocycles. The molecule has 0 saturated carbocycles. The number of carbonyl (C=O) groups excluding carboxylic acids is 2. The maximum absolute atomic E-state index is 13.5. The van der Waals surface area contributed by atoms with Crippen LogP contribution in [0.25, 0.3) is 17.1 Å². The van der Waals surface area contributed by atoms with Gasteiger partial charge < -0.3 is 20.1 Å². The zero-order valence-corrected chi connectivity index (χ0v) is 21.3. The van der Waals surface area contributed by atoms with Crippen LogP contribution >= 0.6 is 0 Å². The number of hydrogen-bond acceptors (Lipinski definition) is 6. The first-order chi connectivity index (χ1) is 19.3. The smallest absolute Gasteiger partial charge is 0.350 e. The molecule has 4 aromatic rings. The van der Waals surface area contributed by atoms with Crippen LogP contribution in [0.1, 0.15) is 40.6 Å². The summed E-state index contributed by atoms with van der Waals surface area (Å²) in [6, 6.07) is 17.3. The van der Waals surface area contributed by atoms with Gasteiger partial charge in [0.1, 0.15) is 0 Å². The predicted molar refractivity (Wildman–Crippen MR) is 138 cm³/mol. The molecule has 2 N–H and O–H groups in total. The number of aromatic nitrogens is 4. The molecular formula is C27H26F3N7O3. The minimum atomic E-state index is -4.81. The highest BCUT2D eigenvalue weighted by molar-refractivity contribution is 5.95. The highest BCUT2D eigenvalue weighted by Crippen LogP contribution is 2.31. The van der Waals surface area contributed by atoms with Crippen LogP contribution in [0.4, 0.5) is 18.0 Å². The fourth-order valence-electron chi connectivity index (χ4n) is 4.45. The Labute approximate surface area is 227 Å². The van der Waals surface area contributed by atoms with Gasteiger partial charge in [0, 0.05) is 43.9 Å². The summed E-state index contributed by atoms with van der Waals surface area (Å²) in [7, 11) is 0. The molecule has 2 aromatic heterocycles. The molecule has 3 amide bonds. The van der Waals surface area contributed by atoms with Gasteiger partial charge in [0.05, 0.1) is 11.3 Å². The number of halogens is 3. The first kappa shape index (κ1) is 26.9. The summed E-state index contributed by atoms with van der Waals surface area (Å²) in [4.78, 5) is 31.3. The van der Waals surface area contributed by atoms with E-state index in [4.69, 9.17) is 4.52 Å². The van der Waals surface area contributed by atoms with Gasteiger partial charge in [0.25, 0.3) is 11.8 Å². The molecule has 40 heavy (non-hydrogen) atoms. The van der Waals surface area contributed by atoms with E-state index in [0.29, 0.717) is 43.3 Å². The quantitative estimate of drug-likeness (QED) is 0.330. The van der Waals surface area contributed by atoms with E-state index in [9.17, 15) is 22.8 Å². The molecule has 0 spiro atoms. The highest BCUT2D eigenvalue weighted by Gasteiger charge is 2.39. The molecule has 0 radical (unpaired) electrons. The van der Waals surface area contributed by atoms with Crippen molar-refractivity contribution in [3.63, 3.8) is 0 Å². The van der Waals surface area contributed by atoms with Crippen molar-refractivity contribution < 1.29 is 27.3 Å². The van der Waals surface area contributed by atoms with Gasteiger partial charge >= 0.3 is 12.2 Å². The molecule has 208 valence electrons. The summed E-state index contributed by atoms with van der Waals surface area (Å²) in [5, 5.41) is 12.8. The molecule has 10 nitrogen and oxygen atoms in total. The van der Waals surface area contributed by atoms with Gasteiger partial charge in [0.2, 0.25) is 0 Å². The monoisotopic (exact) mass is 553 g/mol. The first-order valence-corrected chi connectivity index (χ1v) is 12.7. The number of benzene rings is 2. The van der Waals surface area contributed by atoms with E-state index in [1.165, 1.54) is 0 Å². The lowest BCUT2D eigenvalue weighted by atomic mass is 9.96. The van der Waals surface area contributed by atoms with Crippen LogP contribution in [0.5, 0.6) is 0 Å². The molecule has 5 rings (SSSR count). The van der Waals surface area contributed by atoms with Gasteiger partial charge in [-0.05, 0) is 37.1 Å². The summed E-state index contributed by atoms with van der Waals surface area (Å²) in [5.41, 5.74) is -0.649. The van der Waals surface area contributed by atoms with Crippen molar-refractivity contribution in [3.8, 4) is 17.1 Å². The van der Waals surface area contributed by atoms with E-state index in [1.54, 1.807) is 35.2 Å². The zero-order valence-electron chi connectivity index (χ0n) is 21.3. The molecule has 13 heteroatoms. The Morgan fingerprint density at radius 2 is 1.60 bits per heavy atom. The average Bonchev–Trinajstić information content (AvgIpc) is 3.65. The maximum Gasteiger partial charge on any atom is 0.435 e. The molecular weight excluding hydrogens is 527 g/mol. The van der Waals surface area contributed by atoms with E-state index >= 15 is 0 Å². The van der Waals surface area contributed by atoms with E-state index in [0.717, 1.165) is 16.4 Å². The SMILES string of the molecule is O=C(NCCNC(=O)N1CCC(c2noc(-c3ccccc3)n2)CC1)c1cn(-c2ccccc2)nc1C(F)(F)F. The van der Waals surface area contributed by atoms with Gasteiger partial charge in [0.15, 0.2) is 11.5 Å². The van der Waals surface area contributed by atoms with Gasteiger partial charge in [-0.3, -0.25) is 4.79 Å². The van der Waals surface area contributed by atoms with Crippen molar-refractivity contribution in [2.45, 2.75) is 24.9 Å². The summed E-state index contributed by atoms with van der Waals surface area (Å²) in [5.74, 6) is 0.187. The second-order valence-electron chi connectivity index (χ2n) is 9.24. The Kier molecular flexibility index (Phi) is 7.80. The van der Waals surface area contributed by atoms with Crippen LogP contribution in [-0.4, -0.2) is 62.9 Å². The van der Waals surface area contributed by atoms with E-state index < -0.39 is 23.3 Å². The second-order valence-corrected chi connectivity index (χ2v) is 9.24. The number of urea groups is 1. The van der Waals surface area contributed by atoms with Crippen molar-refractivity contribution in [2.24, 2.45) is 0 Å².